The average molecular weight is 264 g/mol. The molecule has 0 spiro atoms. The lowest BCUT2D eigenvalue weighted by Gasteiger charge is -2.12. The van der Waals surface area contributed by atoms with Crippen molar-refractivity contribution in [2.75, 3.05) is 5.32 Å². The zero-order valence-electron chi connectivity index (χ0n) is 10.4. The Kier molecular flexibility index (Phi) is 3.87. The van der Waals surface area contributed by atoms with Crippen molar-refractivity contribution in [3.8, 4) is 0 Å². The van der Waals surface area contributed by atoms with E-state index >= 15 is 0 Å². The molecule has 0 radical (unpaired) electrons. The Bertz CT molecular complexity index is 546. The van der Waals surface area contributed by atoms with Crippen LogP contribution in [0.5, 0.6) is 0 Å². The van der Waals surface area contributed by atoms with Gasteiger partial charge in [0.1, 0.15) is 0 Å². The molecular formula is C15H15ClFN. The number of aryl methyl sites for hydroxylation is 2. The molecule has 0 bridgehead atoms. The Morgan fingerprint density at radius 1 is 1.06 bits per heavy atom. The standard InChI is InChI=1S/C15H15ClFN/c1-10-5-3-6-11(2)12(10)9-18-14-8-4-7-13(16)15(14)17/h3-8,18H,9H2,1-2H3. The summed E-state index contributed by atoms with van der Waals surface area (Å²) in [7, 11) is 0. The molecule has 2 rings (SSSR count). The summed E-state index contributed by atoms with van der Waals surface area (Å²) in [5.41, 5.74) is 4.02. The Labute approximate surface area is 112 Å². The Morgan fingerprint density at radius 3 is 2.33 bits per heavy atom. The van der Waals surface area contributed by atoms with Crippen LogP contribution in [0.4, 0.5) is 10.1 Å². The monoisotopic (exact) mass is 263 g/mol. The van der Waals surface area contributed by atoms with E-state index in [2.05, 4.69) is 31.3 Å². The molecule has 0 saturated heterocycles. The molecule has 0 saturated carbocycles. The summed E-state index contributed by atoms with van der Waals surface area (Å²) in [4.78, 5) is 0. The van der Waals surface area contributed by atoms with Gasteiger partial charge in [0.05, 0.1) is 10.7 Å². The minimum Gasteiger partial charge on any atom is -0.379 e. The van der Waals surface area contributed by atoms with Crippen LogP contribution in [-0.2, 0) is 6.54 Å². The van der Waals surface area contributed by atoms with Crippen molar-refractivity contribution < 1.29 is 4.39 Å². The van der Waals surface area contributed by atoms with E-state index in [9.17, 15) is 4.39 Å². The van der Waals surface area contributed by atoms with Crippen LogP contribution in [0, 0.1) is 19.7 Å². The molecule has 94 valence electrons. The molecule has 0 unspecified atom stereocenters. The van der Waals surface area contributed by atoms with Crippen molar-refractivity contribution in [2.24, 2.45) is 0 Å². The number of rotatable bonds is 3. The second-order valence-electron chi connectivity index (χ2n) is 4.33. The summed E-state index contributed by atoms with van der Waals surface area (Å²) in [6, 6.07) is 11.1. The first-order chi connectivity index (χ1) is 8.59. The van der Waals surface area contributed by atoms with Crippen LogP contribution < -0.4 is 5.32 Å². The summed E-state index contributed by atoms with van der Waals surface area (Å²) in [6.45, 7) is 4.70. The van der Waals surface area contributed by atoms with Crippen LogP contribution in [0.2, 0.25) is 5.02 Å². The summed E-state index contributed by atoms with van der Waals surface area (Å²) < 4.78 is 13.7. The molecule has 0 aliphatic rings. The molecule has 0 aliphatic heterocycles. The first-order valence-electron chi connectivity index (χ1n) is 5.82. The molecule has 18 heavy (non-hydrogen) atoms. The largest absolute Gasteiger partial charge is 0.379 e. The second-order valence-corrected chi connectivity index (χ2v) is 4.73. The minimum atomic E-state index is -0.398. The van der Waals surface area contributed by atoms with Crippen LogP contribution in [0.1, 0.15) is 16.7 Å². The summed E-state index contributed by atoms with van der Waals surface area (Å²) >= 11 is 5.74. The molecule has 0 aromatic heterocycles. The first-order valence-corrected chi connectivity index (χ1v) is 6.20. The van der Waals surface area contributed by atoms with Gasteiger partial charge in [-0.1, -0.05) is 35.9 Å². The number of benzene rings is 2. The number of nitrogens with one attached hydrogen (secondary N) is 1. The molecule has 0 atom stereocenters. The van der Waals surface area contributed by atoms with Gasteiger partial charge in [-0.3, -0.25) is 0 Å². The zero-order valence-corrected chi connectivity index (χ0v) is 11.2. The van der Waals surface area contributed by atoms with Gasteiger partial charge in [-0.25, -0.2) is 4.39 Å². The Hall–Kier alpha value is -1.54. The fourth-order valence-corrected chi connectivity index (χ4v) is 2.13. The maximum absolute atomic E-state index is 13.7. The first kappa shape index (κ1) is 12.9. The molecule has 2 aromatic carbocycles. The van der Waals surface area contributed by atoms with Crippen molar-refractivity contribution in [3.63, 3.8) is 0 Å². The SMILES string of the molecule is Cc1cccc(C)c1CNc1cccc(Cl)c1F. The van der Waals surface area contributed by atoms with Crippen LogP contribution in [0.15, 0.2) is 36.4 Å². The van der Waals surface area contributed by atoms with Gasteiger partial charge < -0.3 is 5.32 Å². The van der Waals surface area contributed by atoms with Gasteiger partial charge in [-0.2, -0.15) is 0 Å². The van der Waals surface area contributed by atoms with Crippen molar-refractivity contribution in [1.29, 1.82) is 0 Å². The fraction of sp³-hybridized carbons (Fsp3) is 0.200. The van der Waals surface area contributed by atoms with E-state index in [-0.39, 0.29) is 5.02 Å². The molecule has 2 aromatic rings. The van der Waals surface area contributed by atoms with Crippen LogP contribution in [0.25, 0.3) is 0 Å². The highest BCUT2D eigenvalue weighted by Crippen LogP contribution is 2.23. The van der Waals surface area contributed by atoms with Crippen molar-refractivity contribution >= 4 is 17.3 Å². The van der Waals surface area contributed by atoms with Gasteiger partial charge in [-0.15, -0.1) is 0 Å². The predicted molar refractivity (Wildman–Crippen MR) is 74.7 cm³/mol. The second kappa shape index (κ2) is 5.40. The van der Waals surface area contributed by atoms with Gasteiger partial charge in [0.25, 0.3) is 0 Å². The lowest BCUT2D eigenvalue weighted by atomic mass is 10.0. The van der Waals surface area contributed by atoms with E-state index in [0.717, 1.165) is 0 Å². The third-order valence-corrected chi connectivity index (χ3v) is 3.34. The molecule has 0 fully saturated rings. The van der Waals surface area contributed by atoms with E-state index in [1.54, 1.807) is 18.2 Å². The predicted octanol–water partition coefficient (Wildman–Crippen LogP) is 4.71. The normalized spacial score (nSPS) is 10.4. The zero-order chi connectivity index (χ0) is 13.1. The summed E-state index contributed by atoms with van der Waals surface area (Å²) in [5, 5.41) is 3.23. The van der Waals surface area contributed by atoms with Crippen LogP contribution in [0.3, 0.4) is 0 Å². The van der Waals surface area contributed by atoms with Crippen molar-refractivity contribution in [2.45, 2.75) is 20.4 Å². The maximum atomic E-state index is 13.7. The van der Waals surface area contributed by atoms with Crippen molar-refractivity contribution in [3.05, 3.63) is 63.9 Å². The fourth-order valence-electron chi connectivity index (χ4n) is 1.95. The third-order valence-electron chi connectivity index (χ3n) is 3.05. The highest BCUT2D eigenvalue weighted by Gasteiger charge is 2.07. The van der Waals surface area contributed by atoms with Gasteiger partial charge in [0, 0.05) is 6.54 Å². The number of halogens is 2. The lowest BCUT2D eigenvalue weighted by Crippen LogP contribution is -2.05. The highest BCUT2D eigenvalue weighted by molar-refractivity contribution is 6.31. The van der Waals surface area contributed by atoms with Gasteiger partial charge in [0.15, 0.2) is 5.82 Å². The van der Waals surface area contributed by atoms with E-state index < -0.39 is 5.82 Å². The average Bonchev–Trinajstić information content (AvgIpc) is 2.33. The van der Waals surface area contributed by atoms with Gasteiger partial charge in [-0.05, 0) is 42.7 Å². The smallest absolute Gasteiger partial charge is 0.164 e. The van der Waals surface area contributed by atoms with Crippen LogP contribution >= 0.6 is 11.6 Å². The number of hydrogen-bond acceptors (Lipinski definition) is 1. The number of hydrogen-bond donors (Lipinski definition) is 1. The highest BCUT2D eigenvalue weighted by atomic mass is 35.5. The lowest BCUT2D eigenvalue weighted by molar-refractivity contribution is 0.630. The quantitative estimate of drug-likeness (QED) is 0.846. The van der Waals surface area contributed by atoms with E-state index in [1.165, 1.54) is 16.7 Å². The van der Waals surface area contributed by atoms with Crippen LogP contribution in [-0.4, -0.2) is 0 Å². The van der Waals surface area contributed by atoms with Gasteiger partial charge in [0.2, 0.25) is 0 Å². The van der Waals surface area contributed by atoms with E-state index in [0.29, 0.717) is 12.2 Å². The number of anilines is 1. The topological polar surface area (TPSA) is 12.0 Å². The Morgan fingerprint density at radius 2 is 1.67 bits per heavy atom. The molecule has 3 heteroatoms. The van der Waals surface area contributed by atoms with Gasteiger partial charge >= 0.3 is 0 Å². The third kappa shape index (κ3) is 2.65. The summed E-state index contributed by atoms with van der Waals surface area (Å²) in [6.07, 6.45) is 0. The molecule has 0 aliphatic carbocycles. The summed E-state index contributed by atoms with van der Waals surface area (Å²) in [5.74, 6) is -0.398. The molecule has 0 heterocycles. The molecule has 1 nitrogen and oxygen atoms in total. The minimum absolute atomic E-state index is 0.140. The molecule has 1 N–H and O–H groups in total. The Balaban J connectivity index is 2.19. The maximum Gasteiger partial charge on any atom is 0.164 e. The van der Waals surface area contributed by atoms with E-state index in [4.69, 9.17) is 11.6 Å². The van der Waals surface area contributed by atoms with Crippen molar-refractivity contribution in [1.82, 2.24) is 0 Å². The molecular weight excluding hydrogens is 249 g/mol. The molecule has 0 amide bonds. The van der Waals surface area contributed by atoms with E-state index in [1.807, 2.05) is 6.07 Å².